The van der Waals surface area contributed by atoms with Gasteiger partial charge < -0.3 is 5.32 Å². The minimum Gasteiger partial charge on any atom is -0.305 e. The molecule has 3 aromatic heterocycles. The number of hydrogen-bond acceptors (Lipinski definition) is 5. The molecule has 0 spiro atoms. The third kappa shape index (κ3) is 4.26. The number of anilines is 1. The minimum absolute atomic E-state index is 0.0693. The van der Waals surface area contributed by atoms with Crippen LogP contribution in [0.2, 0.25) is 0 Å². The van der Waals surface area contributed by atoms with Crippen molar-refractivity contribution in [1.82, 2.24) is 25.0 Å². The van der Waals surface area contributed by atoms with E-state index in [1.54, 1.807) is 47.3 Å². The van der Waals surface area contributed by atoms with Crippen molar-refractivity contribution in [3.63, 3.8) is 0 Å². The number of carbonyl (C=O) groups excluding carboxylic acids is 1. The van der Waals surface area contributed by atoms with Gasteiger partial charge in [0.1, 0.15) is 5.82 Å². The summed E-state index contributed by atoms with van der Waals surface area (Å²) in [5.74, 6) is -0.485. The monoisotopic (exact) mass is 466 g/mol. The molecule has 0 aliphatic heterocycles. The fourth-order valence-corrected chi connectivity index (χ4v) is 3.98. The number of halogens is 1. The van der Waals surface area contributed by atoms with Crippen molar-refractivity contribution in [3.8, 4) is 22.5 Å². The topological polar surface area (TPSA) is 85.6 Å². The zero-order valence-electron chi connectivity index (χ0n) is 19.5. The first-order valence-electron chi connectivity index (χ1n) is 11.3. The maximum absolute atomic E-state index is 14.1. The van der Waals surface area contributed by atoms with Gasteiger partial charge in [0.25, 0.3) is 5.91 Å². The van der Waals surface area contributed by atoms with Crippen LogP contribution in [0.4, 0.5) is 10.2 Å². The molecule has 174 valence electrons. The first kappa shape index (κ1) is 22.3. The molecule has 8 heteroatoms. The molecule has 0 fully saturated rings. The summed E-state index contributed by atoms with van der Waals surface area (Å²) in [7, 11) is 0. The zero-order chi connectivity index (χ0) is 24.5. The Balaban J connectivity index is 1.53. The average Bonchev–Trinajstić information content (AvgIpc) is 3.29. The summed E-state index contributed by atoms with van der Waals surface area (Å²) < 4.78 is 15.9. The van der Waals surface area contributed by atoms with Gasteiger partial charge in [-0.1, -0.05) is 36.4 Å². The number of aryl methyl sites for hydroxylation is 1. The van der Waals surface area contributed by atoms with Gasteiger partial charge in [-0.05, 0) is 56.7 Å². The van der Waals surface area contributed by atoms with E-state index in [0.29, 0.717) is 33.5 Å². The van der Waals surface area contributed by atoms with Crippen LogP contribution >= 0.6 is 0 Å². The first-order valence-corrected chi connectivity index (χ1v) is 11.3. The normalized spacial score (nSPS) is 11.2. The number of carbonyl (C=O) groups is 1. The van der Waals surface area contributed by atoms with Crippen LogP contribution < -0.4 is 5.32 Å². The first-order chi connectivity index (χ1) is 16.9. The SMILES string of the molecule is Cc1ccccc1-c1cc(C(=O)Nc2ccc(-c3ccccc3F)nn2)c2cnn(C(C)C)c2n1. The van der Waals surface area contributed by atoms with E-state index in [9.17, 15) is 9.18 Å². The Morgan fingerprint density at radius 1 is 0.943 bits per heavy atom. The molecule has 1 N–H and O–H groups in total. The van der Waals surface area contributed by atoms with Crippen molar-refractivity contribution >= 4 is 22.8 Å². The maximum Gasteiger partial charge on any atom is 0.257 e. The highest BCUT2D eigenvalue weighted by atomic mass is 19.1. The van der Waals surface area contributed by atoms with E-state index >= 15 is 0 Å². The van der Waals surface area contributed by atoms with Crippen LogP contribution in [0, 0.1) is 12.7 Å². The molecule has 3 heterocycles. The van der Waals surface area contributed by atoms with Gasteiger partial charge in [-0.2, -0.15) is 5.10 Å². The lowest BCUT2D eigenvalue weighted by Crippen LogP contribution is -2.15. The molecule has 7 nitrogen and oxygen atoms in total. The van der Waals surface area contributed by atoms with E-state index < -0.39 is 0 Å². The van der Waals surface area contributed by atoms with E-state index in [1.807, 2.05) is 45.0 Å². The van der Waals surface area contributed by atoms with Crippen LogP contribution in [0.25, 0.3) is 33.5 Å². The molecular weight excluding hydrogens is 443 g/mol. The van der Waals surface area contributed by atoms with E-state index in [2.05, 4.69) is 20.6 Å². The Hall–Kier alpha value is -4.46. The van der Waals surface area contributed by atoms with Crippen molar-refractivity contribution in [2.45, 2.75) is 26.8 Å². The van der Waals surface area contributed by atoms with Crippen molar-refractivity contribution < 1.29 is 9.18 Å². The van der Waals surface area contributed by atoms with E-state index in [4.69, 9.17) is 4.98 Å². The maximum atomic E-state index is 14.1. The molecule has 0 aliphatic carbocycles. The fourth-order valence-electron chi connectivity index (χ4n) is 3.98. The van der Waals surface area contributed by atoms with Gasteiger partial charge in [0.15, 0.2) is 11.5 Å². The summed E-state index contributed by atoms with van der Waals surface area (Å²) in [6, 6.07) is 19.3. The molecule has 5 rings (SSSR count). The molecular formula is C27H23FN6O. The average molecular weight is 467 g/mol. The van der Waals surface area contributed by atoms with Crippen LogP contribution in [0.3, 0.4) is 0 Å². The summed E-state index contributed by atoms with van der Waals surface area (Å²) in [6.45, 7) is 6.04. The molecule has 5 aromatic rings. The third-order valence-electron chi connectivity index (χ3n) is 5.78. The molecule has 0 bridgehead atoms. The van der Waals surface area contributed by atoms with E-state index in [0.717, 1.165) is 11.1 Å². The lowest BCUT2D eigenvalue weighted by Gasteiger charge is -2.12. The molecule has 2 aromatic carbocycles. The van der Waals surface area contributed by atoms with Crippen LogP contribution in [-0.4, -0.2) is 30.9 Å². The van der Waals surface area contributed by atoms with Crippen LogP contribution in [0.5, 0.6) is 0 Å². The quantitative estimate of drug-likeness (QED) is 0.352. The summed E-state index contributed by atoms with van der Waals surface area (Å²) in [5.41, 5.74) is 4.46. The minimum atomic E-state index is -0.385. The lowest BCUT2D eigenvalue weighted by molar-refractivity contribution is 0.102. The highest BCUT2D eigenvalue weighted by molar-refractivity contribution is 6.12. The van der Waals surface area contributed by atoms with Gasteiger partial charge in [-0.25, -0.2) is 14.1 Å². The standard InChI is InChI=1S/C27H23FN6O/c1-16(2)34-26-21(15-29-34)20(14-24(30-26)18-9-5-4-8-17(18)3)27(35)31-25-13-12-23(32-33-25)19-10-6-7-11-22(19)28/h4-16H,1-3H3,(H,31,33,35). The molecule has 0 aliphatic rings. The van der Waals surface area contributed by atoms with Crippen LogP contribution in [-0.2, 0) is 0 Å². The Labute approximate surface area is 201 Å². The number of benzene rings is 2. The third-order valence-corrected chi connectivity index (χ3v) is 5.78. The number of pyridine rings is 1. The summed E-state index contributed by atoms with van der Waals surface area (Å²) in [5, 5.41) is 16.1. The second-order valence-corrected chi connectivity index (χ2v) is 8.53. The van der Waals surface area contributed by atoms with E-state index in [-0.39, 0.29) is 23.6 Å². The molecule has 35 heavy (non-hydrogen) atoms. The number of hydrogen-bond donors (Lipinski definition) is 1. The Morgan fingerprint density at radius 3 is 2.37 bits per heavy atom. The molecule has 0 radical (unpaired) electrons. The van der Waals surface area contributed by atoms with Gasteiger partial charge in [0.05, 0.1) is 28.5 Å². The zero-order valence-corrected chi connectivity index (χ0v) is 19.5. The van der Waals surface area contributed by atoms with Gasteiger partial charge in [0.2, 0.25) is 0 Å². The van der Waals surface area contributed by atoms with Gasteiger partial charge in [-0.15, -0.1) is 10.2 Å². The summed E-state index contributed by atoms with van der Waals surface area (Å²) >= 11 is 0. The number of fused-ring (bicyclic) bond motifs is 1. The van der Waals surface area contributed by atoms with E-state index in [1.165, 1.54) is 6.07 Å². The van der Waals surface area contributed by atoms with Crippen molar-refractivity contribution in [1.29, 1.82) is 0 Å². The predicted octanol–water partition coefficient (Wildman–Crippen LogP) is 5.84. The number of nitrogens with zero attached hydrogens (tertiary/aromatic N) is 5. The smallest absolute Gasteiger partial charge is 0.257 e. The number of amides is 1. The van der Waals surface area contributed by atoms with Crippen molar-refractivity contribution in [2.75, 3.05) is 5.32 Å². The Bertz CT molecular complexity index is 1540. The van der Waals surface area contributed by atoms with Gasteiger partial charge >= 0.3 is 0 Å². The largest absolute Gasteiger partial charge is 0.305 e. The highest BCUT2D eigenvalue weighted by Gasteiger charge is 2.20. The van der Waals surface area contributed by atoms with Crippen molar-refractivity contribution in [2.24, 2.45) is 0 Å². The van der Waals surface area contributed by atoms with Gasteiger partial charge in [-0.3, -0.25) is 4.79 Å². The number of rotatable bonds is 5. The Kier molecular flexibility index (Phi) is 5.78. The van der Waals surface area contributed by atoms with Gasteiger partial charge in [0, 0.05) is 17.2 Å². The number of aromatic nitrogens is 5. The van der Waals surface area contributed by atoms with Crippen molar-refractivity contribution in [3.05, 3.63) is 89.9 Å². The molecule has 0 saturated carbocycles. The predicted molar refractivity (Wildman–Crippen MR) is 133 cm³/mol. The lowest BCUT2D eigenvalue weighted by atomic mass is 10.0. The molecule has 0 saturated heterocycles. The van der Waals surface area contributed by atoms with Crippen LogP contribution in [0.15, 0.2) is 72.9 Å². The second-order valence-electron chi connectivity index (χ2n) is 8.53. The summed E-state index contributed by atoms with van der Waals surface area (Å²) in [4.78, 5) is 18.2. The number of nitrogens with one attached hydrogen (secondary N) is 1. The molecule has 1 amide bonds. The molecule has 0 atom stereocenters. The Morgan fingerprint density at radius 2 is 1.69 bits per heavy atom. The highest BCUT2D eigenvalue weighted by Crippen LogP contribution is 2.29. The van der Waals surface area contributed by atoms with Crippen LogP contribution in [0.1, 0.15) is 35.8 Å². The molecule has 0 unspecified atom stereocenters. The second kappa shape index (κ2) is 9.06. The summed E-state index contributed by atoms with van der Waals surface area (Å²) in [6.07, 6.45) is 1.66. The fraction of sp³-hybridized carbons (Fsp3) is 0.148.